The third-order valence-electron chi connectivity index (χ3n) is 3.98. The van der Waals surface area contributed by atoms with Crippen molar-refractivity contribution in [2.24, 2.45) is 0 Å². The molecule has 0 atom stereocenters. The second-order valence-electron chi connectivity index (χ2n) is 5.27. The van der Waals surface area contributed by atoms with Crippen LogP contribution < -0.4 is 23.7 Å². The molecule has 6 heteroatoms. The number of ether oxygens (including phenoxy) is 5. The summed E-state index contributed by atoms with van der Waals surface area (Å²) in [5.74, 6) is 3.64. The number of benzene rings is 2. The zero-order valence-electron chi connectivity index (χ0n) is 14.8. The SMILES string of the molecule is COc1cc(OC)c2cc(-c3cc(OC)c(OC)c(OC)c3)oc2c1. The Bertz CT molecular complexity index is 871. The maximum Gasteiger partial charge on any atom is 0.203 e. The van der Waals surface area contributed by atoms with Crippen molar-refractivity contribution < 1.29 is 28.1 Å². The van der Waals surface area contributed by atoms with Gasteiger partial charge in [-0.2, -0.15) is 0 Å². The Morgan fingerprint density at radius 2 is 1.28 bits per heavy atom. The minimum Gasteiger partial charge on any atom is -0.496 e. The Labute approximate surface area is 145 Å². The first kappa shape index (κ1) is 16.8. The summed E-state index contributed by atoms with van der Waals surface area (Å²) >= 11 is 0. The summed E-state index contributed by atoms with van der Waals surface area (Å²) in [6.45, 7) is 0. The highest BCUT2D eigenvalue weighted by Gasteiger charge is 2.18. The number of furan rings is 1. The zero-order chi connectivity index (χ0) is 18.0. The molecule has 0 radical (unpaired) electrons. The number of rotatable bonds is 6. The van der Waals surface area contributed by atoms with Gasteiger partial charge in [0.25, 0.3) is 0 Å². The van der Waals surface area contributed by atoms with Crippen LogP contribution in [0.2, 0.25) is 0 Å². The number of hydrogen-bond donors (Lipinski definition) is 0. The van der Waals surface area contributed by atoms with Crippen LogP contribution in [0, 0.1) is 0 Å². The molecule has 3 rings (SSSR count). The van der Waals surface area contributed by atoms with Crippen LogP contribution in [-0.4, -0.2) is 35.5 Å². The molecule has 0 saturated heterocycles. The smallest absolute Gasteiger partial charge is 0.203 e. The Balaban J connectivity index is 2.19. The third kappa shape index (κ3) is 2.91. The first-order valence-electron chi connectivity index (χ1n) is 7.61. The standard InChI is InChI=1S/C19H20O6/c1-20-12-8-15(21-2)13-10-14(25-16(13)9-12)11-6-17(22-3)19(24-5)18(7-11)23-4/h6-10H,1-5H3. The van der Waals surface area contributed by atoms with Gasteiger partial charge in [-0.1, -0.05) is 0 Å². The molecule has 0 bridgehead atoms. The summed E-state index contributed by atoms with van der Waals surface area (Å²) in [7, 11) is 7.93. The molecule has 0 aliphatic rings. The predicted molar refractivity (Wildman–Crippen MR) is 94.4 cm³/mol. The lowest BCUT2D eigenvalue weighted by atomic mass is 10.1. The summed E-state index contributed by atoms with van der Waals surface area (Å²) in [6, 6.07) is 9.22. The van der Waals surface area contributed by atoms with Crippen molar-refractivity contribution >= 4 is 11.0 Å². The molecule has 0 spiro atoms. The molecule has 3 aromatic rings. The number of hydrogen-bond acceptors (Lipinski definition) is 6. The number of fused-ring (bicyclic) bond motifs is 1. The average molecular weight is 344 g/mol. The molecule has 0 N–H and O–H groups in total. The van der Waals surface area contributed by atoms with Gasteiger partial charge in [0.1, 0.15) is 22.8 Å². The van der Waals surface area contributed by atoms with Gasteiger partial charge < -0.3 is 28.1 Å². The normalized spacial score (nSPS) is 10.6. The average Bonchev–Trinajstić information content (AvgIpc) is 3.09. The van der Waals surface area contributed by atoms with Gasteiger partial charge in [0.15, 0.2) is 11.5 Å². The van der Waals surface area contributed by atoms with Gasteiger partial charge in [-0.05, 0) is 18.2 Å². The van der Waals surface area contributed by atoms with Crippen LogP contribution in [0.25, 0.3) is 22.3 Å². The molecule has 0 aliphatic carbocycles. The largest absolute Gasteiger partial charge is 0.496 e. The van der Waals surface area contributed by atoms with Crippen LogP contribution in [0.15, 0.2) is 34.7 Å². The summed E-state index contributed by atoms with van der Waals surface area (Å²) in [5, 5.41) is 0.854. The van der Waals surface area contributed by atoms with Gasteiger partial charge in [0, 0.05) is 17.7 Å². The fourth-order valence-electron chi connectivity index (χ4n) is 2.74. The maximum atomic E-state index is 6.00. The fourth-order valence-corrected chi connectivity index (χ4v) is 2.74. The van der Waals surface area contributed by atoms with Crippen LogP contribution in [-0.2, 0) is 0 Å². The van der Waals surface area contributed by atoms with Crippen molar-refractivity contribution in [1.29, 1.82) is 0 Å². The highest BCUT2D eigenvalue weighted by Crippen LogP contribution is 2.43. The molecule has 0 saturated carbocycles. The van der Waals surface area contributed by atoms with Crippen molar-refractivity contribution in [3.63, 3.8) is 0 Å². The van der Waals surface area contributed by atoms with E-state index in [1.807, 2.05) is 30.3 Å². The van der Waals surface area contributed by atoms with Crippen LogP contribution in [0.1, 0.15) is 0 Å². The van der Waals surface area contributed by atoms with Crippen molar-refractivity contribution in [1.82, 2.24) is 0 Å². The van der Waals surface area contributed by atoms with Gasteiger partial charge in [0.05, 0.1) is 40.9 Å². The van der Waals surface area contributed by atoms with E-state index in [2.05, 4.69) is 0 Å². The van der Waals surface area contributed by atoms with Crippen LogP contribution >= 0.6 is 0 Å². The molecular formula is C19H20O6. The highest BCUT2D eigenvalue weighted by molar-refractivity contribution is 5.90. The molecule has 0 aliphatic heterocycles. The Kier molecular flexibility index (Phi) is 4.61. The summed E-state index contributed by atoms with van der Waals surface area (Å²) in [5.41, 5.74) is 1.46. The quantitative estimate of drug-likeness (QED) is 0.670. The predicted octanol–water partition coefficient (Wildman–Crippen LogP) is 4.14. The van der Waals surface area contributed by atoms with Crippen molar-refractivity contribution in [2.75, 3.05) is 35.5 Å². The summed E-state index contributed by atoms with van der Waals surface area (Å²) in [4.78, 5) is 0. The molecule has 2 aromatic carbocycles. The molecule has 0 amide bonds. The second-order valence-corrected chi connectivity index (χ2v) is 5.27. The van der Waals surface area contributed by atoms with Gasteiger partial charge in [0.2, 0.25) is 5.75 Å². The van der Waals surface area contributed by atoms with Gasteiger partial charge in [-0.3, -0.25) is 0 Å². The molecule has 0 fully saturated rings. The van der Waals surface area contributed by atoms with Gasteiger partial charge in [-0.15, -0.1) is 0 Å². The second kappa shape index (κ2) is 6.84. The minimum absolute atomic E-state index is 0.532. The van der Waals surface area contributed by atoms with E-state index in [1.165, 1.54) is 0 Å². The molecular weight excluding hydrogens is 324 g/mol. The molecule has 0 unspecified atom stereocenters. The van der Waals surface area contributed by atoms with Crippen LogP contribution in [0.5, 0.6) is 28.7 Å². The van der Waals surface area contributed by atoms with Gasteiger partial charge >= 0.3 is 0 Å². The topological polar surface area (TPSA) is 59.3 Å². The van der Waals surface area contributed by atoms with Crippen molar-refractivity contribution in [3.8, 4) is 40.1 Å². The Morgan fingerprint density at radius 1 is 0.640 bits per heavy atom. The van der Waals surface area contributed by atoms with Crippen LogP contribution in [0.3, 0.4) is 0 Å². The third-order valence-corrected chi connectivity index (χ3v) is 3.98. The van der Waals surface area contributed by atoms with Crippen molar-refractivity contribution in [2.45, 2.75) is 0 Å². The monoisotopic (exact) mass is 344 g/mol. The number of methoxy groups -OCH3 is 5. The lowest BCUT2D eigenvalue weighted by Gasteiger charge is -2.13. The summed E-state index contributed by atoms with van der Waals surface area (Å²) < 4.78 is 32.9. The molecule has 6 nitrogen and oxygen atoms in total. The van der Waals surface area contributed by atoms with E-state index in [0.717, 1.165) is 10.9 Å². The first-order chi connectivity index (χ1) is 12.1. The molecule has 132 valence electrons. The van der Waals surface area contributed by atoms with E-state index in [9.17, 15) is 0 Å². The molecule has 1 heterocycles. The lowest BCUT2D eigenvalue weighted by Crippen LogP contribution is -1.95. The highest BCUT2D eigenvalue weighted by atomic mass is 16.5. The minimum atomic E-state index is 0.532. The lowest BCUT2D eigenvalue weighted by molar-refractivity contribution is 0.324. The molecule has 1 aromatic heterocycles. The molecule has 25 heavy (non-hydrogen) atoms. The van der Waals surface area contributed by atoms with E-state index in [0.29, 0.717) is 40.1 Å². The Morgan fingerprint density at radius 3 is 1.80 bits per heavy atom. The van der Waals surface area contributed by atoms with Crippen LogP contribution in [0.4, 0.5) is 0 Å². The first-order valence-corrected chi connectivity index (χ1v) is 7.61. The maximum absolute atomic E-state index is 6.00. The Hall–Kier alpha value is -3.02. The van der Waals surface area contributed by atoms with E-state index in [1.54, 1.807) is 35.5 Å². The van der Waals surface area contributed by atoms with E-state index < -0.39 is 0 Å². The van der Waals surface area contributed by atoms with E-state index >= 15 is 0 Å². The van der Waals surface area contributed by atoms with Crippen molar-refractivity contribution in [3.05, 3.63) is 30.3 Å². The zero-order valence-corrected chi connectivity index (χ0v) is 14.8. The van der Waals surface area contributed by atoms with Gasteiger partial charge in [-0.25, -0.2) is 0 Å². The summed E-state index contributed by atoms with van der Waals surface area (Å²) in [6.07, 6.45) is 0. The van der Waals surface area contributed by atoms with E-state index in [4.69, 9.17) is 28.1 Å². The fraction of sp³-hybridized carbons (Fsp3) is 0.263. The van der Waals surface area contributed by atoms with E-state index in [-0.39, 0.29) is 0 Å².